The highest BCUT2D eigenvalue weighted by molar-refractivity contribution is 5.94. The number of hydrogen-bond donors (Lipinski definition) is 2. The quantitative estimate of drug-likeness (QED) is 0.904. The van der Waals surface area contributed by atoms with Crippen LogP contribution in [0.2, 0.25) is 0 Å². The molecule has 1 aromatic heterocycles. The number of amides is 1. The molecule has 1 aliphatic rings. The molecule has 3 N–H and O–H groups in total. The lowest BCUT2D eigenvalue weighted by Crippen LogP contribution is -2.30. The topological polar surface area (TPSA) is 75.0 Å². The summed E-state index contributed by atoms with van der Waals surface area (Å²) >= 11 is 0. The predicted octanol–water partition coefficient (Wildman–Crippen LogP) is 2.26. The molecule has 5 nitrogen and oxygen atoms in total. The largest absolute Gasteiger partial charge is 0.336 e. The van der Waals surface area contributed by atoms with Crippen molar-refractivity contribution in [1.82, 2.24) is 15.1 Å². The maximum Gasteiger partial charge on any atom is 0.274 e. The Bertz CT molecular complexity index is 670. The molecule has 2 aromatic rings. The van der Waals surface area contributed by atoms with Crippen LogP contribution in [-0.2, 0) is 0 Å². The average molecular weight is 335 g/mol. The smallest absolute Gasteiger partial charge is 0.274 e. The van der Waals surface area contributed by atoms with Gasteiger partial charge in [-0.25, -0.2) is 0 Å². The number of aromatic nitrogens is 2. The Morgan fingerprint density at radius 3 is 2.57 bits per heavy atom. The van der Waals surface area contributed by atoms with Gasteiger partial charge in [-0.1, -0.05) is 30.3 Å². The third-order valence-electron chi connectivity index (χ3n) is 4.71. The van der Waals surface area contributed by atoms with Crippen LogP contribution < -0.4 is 5.73 Å². The summed E-state index contributed by atoms with van der Waals surface area (Å²) in [6.07, 6.45) is 0. The number of nitrogens with zero attached hydrogens (tertiary/aromatic N) is 2. The van der Waals surface area contributed by atoms with Crippen molar-refractivity contribution in [3.8, 4) is 0 Å². The number of aryl methyl sites for hydroxylation is 1. The number of carbonyl (C=O) groups is 1. The number of nitrogens with one attached hydrogen (secondary N) is 1. The number of carbonyl (C=O) groups excluding carboxylic acids is 1. The van der Waals surface area contributed by atoms with Crippen molar-refractivity contribution in [3.63, 3.8) is 0 Å². The first-order valence-corrected chi connectivity index (χ1v) is 7.67. The number of nitrogens with two attached hydrogens (primary N) is 1. The van der Waals surface area contributed by atoms with Crippen LogP contribution in [0.5, 0.6) is 0 Å². The fraction of sp³-hybridized carbons (Fsp3) is 0.412. The van der Waals surface area contributed by atoms with Gasteiger partial charge in [0, 0.05) is 30.3 Å². The van der Waals surface area contributed by atoms with Gasteiger partial charge >= 0.3 is 0 Å². The van der Waals surface area contributed by atoms with Gasteiger partial charge in [0.2, 0.25) is 0 Å². The number of aromatic amines is 1. The van der Waals surface area contributed by atoms with Crippen LogP contribution in [0.4, 0.5) is 0 Å². The fourth-order valence-electron chi connectivity index (χ4n) is 3.20. The molecule has 0 unspecified atom stereocenters. The van der Waals surface area contributed by atoms with E-state index in [1.807, 2.05) is 36.9 Å². The summed E-state index contributed by atoms with van der Waals surface area (Å²) in [7, 11) is 0. The van der Waals surface area contributed by atoms with E-state index in [1.165, 1.54) is 5.56 Å². The molecule has 0 aliphatic carbocycles. The van der Waals surface area contributed by atoms with Gasteiger partial charge < -0.3 is 10.6 Å². The van der Waals surface area contributed by atoms with E-state index in [0.29, 0.717) is 37.2 Å². The molecule has 1 aliphatic heterocycles. The van der Waals surface area contributed by atoms with Gasteiger partial charge in [-0.3, -0.25) is 9.89 Å². The van der Waals surface area contributed by atoms with Crippen LogP contribution in [0.1, 0.15) is 33.2 Å². The van der Waals surface area contributed by atoms with Gasteiger partial charge in [-0.05, 0) is 31.9 Å². The van der Waals surface area contributed by atoms with E-state index in [4.69, 9.17) is 5.73 Å². The first-order chi connectivity index (χ1) is 10.6. The molecule has 3 rings (SSSR count). The molecular formula is C17H23ClN4O. The van der Waals surface area contributed by atoms with Crippen LogP contribution in [0, 0.1) is 19.8 Å². The molecule has 6 heteroatoms. The Morgan fingerprint density at radius 2 is 2.00 bits per heavy atom. The summed E-state index contributed by atoms with van der Waals surface area (Å²) in [6.45, 7) is 5.84. The van der Waals surface area contributed by atoms with Crippen molar-refractivity contribution in [2.45, 2.75) is 19.8 Å². The van der Waals surface area contributed by atoms with E-state index < -0.39 is 0 Å². The molecule has 1 amide bonds. The van der Waals surface area contributed by atoms with Crippen molar-refractivity contribution >= 4 is 18.3 Å². The molecule has 0 radical (unpaired) electrons. The lowest BCUT2D eigenvalue weighted by molar-refractivity contribution is 0.0780. The van der Waals surface area contributed by atoms with Crippen molar-refractivity contribution in [3.05, 3.63) is 52.8 Å². The van der Waals surface area contributed by atoms with E-state index >= 15 is 0 Å². The fourth-order valence-corrected chi connectivity index (χ4v) is 3.20. The van der Waals surface area contributed by atoms with Crippen LogP contribution in [0.3, 0.4) is 0 Å². The molecule has 1 fully saturated rings. The molecule has 0 spiro atoms. The van der Waals surface area contributed by atoms with E-state index in [2.05, 4.69) is 22.3 Å². The van der Waals surface area contributed by atoms with Crippen LogP contribution in [-0.4, -0.2) is 40.6 Å². The van der Waals surface area contributed by atoms with Crippen molar-refractivity contribution in [2.24, 2.45) is 11.7 Å². The van der Waals surface area contributed by atoms with Crippen LogP contribution in [0.25, 0.3) is 0 Å². The summed E-state index contributed by atoms with van der Waals surface area (Å²) in [6, 6.07) is 10.3. The zero-order chi connectivity index (χ0) is 15.7. The highest BCUT2D eigenvalue weighted by atomic mass is 35.5. The molecule has 1 aromatic carbocycles. The summed E-state index contributed by atoms with van der Waals surface area (Å²) in [4.78, 5) is 14.6. The highest BCUT2D eigenvalue weighted by Crippen LogP contribution is 2.32. The van der Waals surface area contributed by atoms with Gasteiger partial charge in [0.05, 0.1) is 0 Å². The number of benzene rings is 1. The third kappa shape index (κ3) is 3.26. The van der Waals surface area contributed by atoms with Crippen LogP contribution >= 0.6 is 12.4 Å². The Balaban J connectivity index is 0.00000192. The summed E-state index contributed by atoms with van der Waals surface area (Å²) in [5, 5.41) is 7.05. The highest BCUT2D eigenvalue weighted by Gasteiger charge is 2.36. The second-order valence-corrected chi connectivity index (χ2v) is 6.05. The number of H-pyrrole nitrogens is 1. The summed E-state index contributed by atoms with van der Waals surface area (Å²) in [5.74, 6) is 0.598. The molecule has 0 bridgehead atoms. The van der Waals surface area contributed by atoms with Crippen molar-refractivity contribution < 1.29 is 4.79 Å². The second-order valence-electron chi connectivity index (χ2n) is 6.05. The number of halogens is 1. The van der Waals surface area contributed by atoms with Gasteiger partial charge in [-0.2, -0.15) is 5.10 Å². The Morgan fingerprint density at radius 1 is 1.30 bits per heavy atom. The number of likely N-dealkylation sites (tertiary alicyclic amines) is 1. The Kier molecular flexibility index (Phi) is 5.44. The second kappa shape index (κ2) is 7.15. The molecular weight excluding hydrogens is 312 g/mol. The lowest BCUT2D eigenvalue weighted by atomic mass is 9.89. The zero-order valence-corrected chi connectivity index (χ0v) is 14.3. The van der Waals surface area contributed by atoms with Crippen molar-refractivity contribution in [2.75, 3.05) is 19.6 Å². The van der Waals surface area contributed by atoms with E-state index in [9.17, 15) is 4.79 Å². The minimum absolute atomic E-state index is 0. The molecule has 23 heavy (non-hydrogen) atoms. The zero-order valence-electron chi connectivity index (χ0n) is 13.5. The maximum absolute atomic E-state index is 12.7. The monoisotopic (exact) mass is 334 g/mol. The molecule has 2 atom stereocenters. The Hall–Kier alpha value is -1.85. The summed E-state index contributed by atoms with van der Waals surface area (Å²) in [5.41, 5.74) is 9.59. The van der Waals surface area contributed by atoms with E-state index in [0.717, 1.165) is 11.3 Å². The average Bonchev–Trinajstić information content (AvgIpc) is 3.12. The minimum atomic E-state index is -0.00117. The first-order valence-electron chi connectivity index (χ1n) is 7.67. The van der Waals surface area contributed by atoms with Crippen molar-refractivity contribution in [1.29, 1.82) is 0 Å². The van der Waals surface area contributed by atoms with Gasteiger partial charge in [-0.15, -0.1) is 12.4 Å². The van der Waals surface area contributed by atoms with Crippen LogP contribution in [0.15, 0.2) is 30.3 Å². The standard InChI is InChI=1S/C17H22N4O.ClH/c1-11-12(2)19-20-16(11)17(22)21-9-14(8-18)15(10-21)13-6-4-3-5-7-13;/h3-7,14-15H,8-10,18H2,1-2H3,(H,19,20);1H/t14-,15+;/m1./s1. The van der Waals surface area contributed by atoms with E-state index in [-0.39, 0.29) is 18.3 Å². The minimum Gasteiger partial charge on any atom is -0.336 e. The SMILES string of the molecule is Cc1[nH]nc(C(=O)N2C[C@@H](CN)[C@H](c3ccccc3)C2)c1C.Cl. The molecule has 0 saturated carbocycles. The summed E-state index contributed by atoms with van der Waals surface area (Å²) < 4.78 is 0. The van der Waals surface area contributed by atoms with Gasteiger partial charge in [0.1, 0.15) is 0 Å². The van der Waals surface area contributed by atoms with E-state index in [1.54, 1.807) is 0 Å². The maximum atomic E-state index is 12.7. The van der Waals surface area contributed by atoms with Gasteiger partial charge in [0.25, 0.3) is 5.91 Å². The molecule has 2 heterocycles. The lowest BCUT2D eigenvalue weighted by Gasteiger charge is -2.16. The number of hydrogen-bond acceptors (Lipinski definition) is 3. The Labute approximate surface area is 142 Å². The predicted molar refractivity (Wildman–Crippen MR) is 92.9 cm³/mol. The third-order valence-corrected chi connectivity index (χ3v) is 4.71. The number of rotatable bonds is 3. The van der Waals surface area contributed by atoms with Gasteiger partial charge in [0.15, 0.2) is 5.69 Å². The first kappa shape index (κ1) is 17.5. The molecule has 1 saturated heterocycles. The normalized spacial score (nSPS) is 20.4. The molecule has 124 valence electrons.